The van der Waals surface area contributed by atoms with Crippen molar-refractivity contribution in [2.45, 2.75) is 39.2 Å². The zero-order valence-corrected chi connectivity index (χ0v) is 9.24. The second-order valence-electron chi connectivity index (χ2n) is 4.33. The van der Waals surface area contributed by atoms with Crippen molar-refractivity contribution in [1.29, 1.82) is 0 Å². The van der Waals surface area contributed by atoms with Crippen molar-refractivity contribution in [2.75, 3.05) is 0 Å². The normalized spacial score (nSPS) is 19.4. The van der Waals surface area contributed by atoms with Gasteiger partial charge in [-0.25, -0.2) is 0 Å². The molecule has 1 aromatic heterocycles. The number of hydrogen-bond acceptors (Lipinski definition) is 1. The van der Waals surface area contributed by atoms with Gasteiger partial charge in [0, 0.05) is 17.4 Å². The summed E-state index contributed by atoms with van der Waals surface area (Å²) < 4.78 is 3.18. The molecule has 0 unspecified atom stereocenters. The van der Waals surface area contributed by atoms with E-state index >= 15 is 0 Å². The predicted octanol–water partition coefficient (Wildman–Crippen LogP) is 3.00. The first-order valence-electron chi connectivity index (χ1n) is 4.85. The van der Waals surface area contributed by atoms with Gasteiger partial charge in [-0.1, -0.05) is 13.8 Å². The molecule has 72 valence electrons. The summed E-state index contributed by atoms with van der Waals surface area (Å²) >= 11 is 5.29. The SMILES string of the molecule is Cc1c[nH]c(=S)n1C1(C(C)C)CC1. The summed E-state index contributed by atoms with van der Waals surface area (Å²) in [7, 11) is 0. The quantitative estimate of drug-likeness (QED) is 0.721. The van der Waals surface area contributed by atoms with Crippen molar-refractivity contribution < 1.29 is 0 Å². The van der Waals surface area contributed by atoms with E-state index in [-0.39, 0.29) is 0 Å². The van der Waals surface area contributed by atoms with Crippen LogP contribution in [-0.2, 0) is 5.54 Å². The number of nitrogens with zero attached hydrogens (tertiary/aromatic N) is 1. The molecule has 0 aromatic carbocycles. The van der Waals surface area contributed by atoms with Crippen molar-refractivity contribution in [3.05, 3.63) is 16.7 Å². The molecule has 13 heavy (non-hydrogen) atoms. The summed E-state index contributed by atoms with van der Waals surface area (Å²) in [6.45, 7) is 6.68. The van der Waals surface area contributed by atoms with E-state index in [0.717, 1.165) is 4.77 Å². The highest BCUT2D eigenvalue weighted by Gasteiger charge is 2.48. The average molecular weight is 196 g/mol. The third kappa shape index (κ3) is 1.17. The summed E-state index contributed by atoms with van der Waals surface area (Å²) in [5.41, 5.74) is 1.59. The van der Waals surface area contributed by atoms with Gasteiger partial charge in [-0.3, -0.25) is 0 Å². The number of aryl methyl sites for hydroxylation is 1. The van der Waals surface area contributed by atoms with Crippen LogP contribution in [0.2, 0.25) is 0 Å². The Balaban J connectivity index is 2.52. The molecule has 2 rings (SSSR count). The predicted molar refractivity (Wildman–Crippen MR) is 56.4 cm³/mol. The third-order valence-corrected chi connectivity index (χ3v) is 3.54. The van der Waals surface area contributed by atoms with E-state index in [2.05, 4.69) is 30.3 Å². The van der Waals surface area contributed by atoms with Gasteiger partial charge in [0.25, 0.3) is 0 Å². The maximum Gasteiger partial charge on any atom is 0.177 e. The number of rotatable bonds is 2. The van der Waals surface area contributed by atoms with Gasteiger partial charge in [0.05, 0.1) is 0 Å². The lowest BCUT2D eigenvalue weighted by Crippen LogP contribution is -2.24. The summed E-state index contributed by atoms with van der Waals surface area (Å²) in [6.07, 6.45) is 4.56. The molecular formula is C10H16N2S. The number of imidazole rings is 1. The fourth-order valence-electron chi connectivity index (χ4n) is 2.20. The second kappa shape index (κ2) is 2.71. The van der Waals surface area contributed by atoms with Crippen LogP contribution in [0.5, 0.6) is 0 Å². The highest BCUT2D eigenvalue weighted by Crippen LogP contribution is 2.50. The van der Waals surface area contributed by atoms with Gasteiger partial charge in [0.1, 0.15) is 0 Å². The minimum atomic E-state index is 0.334. The number of hydrogen-bond donors (Lipinski definition) is 1. The first-order valence-corrected chi connectivity index (χ1v) is 5.26. The molecule has 0 aliphatic heterocycles. The van der Waals surface area contributed by atoms with Gasteiger partial charge >= 0.3 is 0 Å². The number of aromatic nitrogens is 2. The van der Waals surface area contributed by atoms with E-state index in [0.29, 0.717) is 11.5 Å². The molecule has 1 saturated carbocycles. The molecule has 0 amide bonds. The molecule has 0 spiro atoms. The lowest BCUT2D eigenvalue weighted by molar-refractivity contribution is 0.341. The summed E-state index contributed by atoms with van der Waals surface area (Å²) in [6, 6.07) is 0. The monoisotopic (exact) mass is 196 g/mol. The third-order valence-electron chi connectivity index (χ3n) is 3.24. The molecule has 1 fully saturated rings. The van der Waals surface area contributed by atoms with Crippen LogP contribution in [0.4, 0.5) is 0 Å². The fraction of sp³-hybridized carbons (Fsp3) is 0.700. The lowest BCUT2D eigenvalue weighted by atomic mass is 10.0. The Bertz CT molecular complexity index is 369. The molecule has 1 aliphatic carbocycles. The molecule has 0 atom stereocenters. The largest absolute Gasteiger partial charge is 0.337 e. The molecular weight excluding hydrogens is 180 g/mol. The van der Waals surface area contributed by atoms with Crippen LogP contribution in [0.15, 0.2) is 6.20 Å². The van der Waals surface area contributed by atoms with E-state index < -0.39 is 0 Å². The van der Waals surface area contributed by atoms with Crippen molar-refractivity contribution in [2.24, 2.45) is 5.92 Å². The zero-order valence-electron chi connectivity index (χ0n) is 8.42. The highest BCUT2D eigenvalue weighted by atomic mass is 32.1. The van der Waals surface area contributed by atoms with Crippen LogP contribution in [0.25, 0.3) is 0 Å². The number of aromatic amines is 1. The molecule has 2 nitrogen and oxygen atoms in total. The Hall–Kier alpha value is -0.570. The molecule has 1 N–H and O–H groups in total. The summed E-state index contributed by atoms with van der Waals surface area (Å²) in [5, 5.41) is 0. The van der Waals surface area contributed by atoms with Crippen molar-refractivity contribution in [3.8, 4) is 0 Å². The van der Waals surface area contributed by atoms with Gasteiger partial charge in [0.15, 0.2) is 4.77 Å². The van der Waals surface area contributed by atoms with Crippen LogP contribution in [0, 0.1) is 17.6 Å². The van der Waals surface area contributed by atoms with Gasteiger partial charge in [-0.05, 0) is 37.9 Å². The summed E-state index contributed by atoms with van der Waals surface area (Å²) in [5.74, 6) is 0.675. The molecule has 0 radical (unpaired) electrons. The Kier molecular flexibility index (Phi) is 1.88. The van der Waals surface area contributed by atoms with E-state index in [1.54, 1.807) is 0 Å². The first kappa shape index (κ1) is 9.00. The molecule has 0 bridgehead atoms. The fourth-order valence-corrected chi connectivity index (χ4v) is 2.58. The Morgan fingerprint density at radius 1 is 1.54 bits per heavy atom. The Morgan fingerprint density at radius 3 is 2.46 bits per heavy atom. The molecule has 1 aliphatic rings. The average Bonchev–Trinajstić information content (AvgIpc) is 2.77. The maximum atomic E-state index is 5.29. The molecule has 1 aromatic rings. The molecule has 1 heterocycles. The van der Waals surface area contributed by atoms with E-state index in [1.165, 1.54) is 18.5 Å². The smallest absolute Gasteiger partial charge is 0.177 e. The zero-order chi connectivity index (χ0) is 9.64. The van der Waals surface area contributed by atoms with E-state index in [4.69, 9.17) is 12.2 Å². The Labute approximate surface area is 84.0 Å². The van der Waals surface area contributed by atoms with Crippen LogP contribution in [0.1, 0.15) is 32.4 Å². The van der Waals surface area contributed by atoms with Crippen LogP contribution >= 0.6 is 12.2 Å². The lowest BCUT2D eigenvalue weighted by Gasteiger charge is -2.23. The highest BCUT2D eigenvalue weighted by molar-refractivity contribution is 7.71. The van der Waals surface area contributed by atoms with E-state index in [9.17, 15) is 0 Å². The van der Waals surface area contributed by atoms with Gasteiger partial charge in [0.2, 0.25) is 0 Å². The maximum absolute atomic E-state index is 5.29. The topological polar surface area (TPSA) is 20.7 Å². The number of nitrogens with one attached hydrogen (secondary N) is 1. The van der Waals surface area contributed by atoms with Crippen LogP contribution in [-0.4, -0.2) is 9.55 Å². The minimum Gasteiger partial charge on any atom is -0.337 e. The standard InChI is InChI=1S/C10H16N2S/c1-7(2)10(4-5-10)12-8(3)6-11-9(12)13/h6-7H,4-5H2,1-3H3,(H,11,13). The van der Waals surface area contributed by atoms with Gasteiger partial charge in [-0.2, -0.15) is 0 Å². The van der Waals surface area contributed by atoms with Crippen molar-refractivity contribution in [1.82, 2.24) is 9.55 Å². The second-order valence-corrected chi connectivity index (χ2v) is 4.72. The first-order chi connectivity index (χ1) is 6.08. The Morgan fingerprint density at radius 2 is 2.15 bits per heavy atom. The van der Waals surface area contributed by atoms with Gasteiger partial charge < -0.3 is 9.55 Å². The van der Waals surface area contributed by atoms with Crippen LogP contribution in [0.3, 0.4) is 0 Å². The molecule has 0 saturated heterocycles. The molecule has 3 heteroatoms. The van der Waals surface area contributed by atoms with Gasteiger partial charge in [-0.15, -0.1) is 0 Å². The number of H-pyrrole nitrogens is 1. The minimum absolute atomic E-state index is 0.334. The van der Waals surface area contributed by atoms with Crippen molar-refractivity contribution >= 4 is 12.2 Å². The summed E-state index contributed by atoms with van der Waals surface area (Å²) in [4.78, 5) is 3.12. The van der Waals surface area contributed by atoms with Crippen molar-refractivity contribution in [3.63, 3.8) is 0 Å². The van der Waals surface area contributed by atoms with E-state index in [1.807, 2.05) is 6.20 Å². The van der Waals surface area contributed by atoms with Crippen LogP contribution < -0.4 is 0 Å².